The van der Waals surface area contributed by atoms with Crippen LogP contribution >= 0.6 is 27.3 Å². The Hall–Kier alpha value is -1.08. The molecule has 1 aromatic heterocycles. The zero-order valence-electron chi connectivity index (χ0n) is 10.3. The lowest BCUT2D eigenvalue weighted by Gasteiger charge is -2.22. The Balaban J connectivity index is 1.88. The highest BCUT2D eigenvalue weighted by Gasteiger charge is 2.32. The molecule has 1 heterocycles. The van der Waals surface area contributed by atoms with Crippen molar-refractivity contribution < 1.29 is 14.7 Å². The van der Waals surface area contributed by atoms with Crippen LogP contribution in [0.5, 0.6) is 0 Å². The highest BCUT2D eigenvalue weighted by Crippen LogP contribution is 2.30. The first kappa shape index (κ1) is 14.3. The molecule has 1 fully saturated rings. The van der Waals surface area contributed by atoms with E-state index in [2.05, 4.69) is 21.2 Å². The van der Waals surface area contributed by atoms with E-state index < -0.39 is 5.97 Å². The molecule has 2 amide bonds. The van der Waals surface area contributed by atoms with Crippen LogP contribution in [0.3, 0.4) is 0 Å². The van der Waals surface area contributed by atoms with E-state index in [1.165, 1.54) is 0 Å². The summed E-state index contributed by atoms with van der Waals surface area (Å²) in [5.41, 5.74) is 1.09. The van der Waals surface area contributed by atoms with E-state index in [1.807, 2.05) is 11.4 Å². The summed E-state index contributed by atoms with van der Waals surface area (Å²) in [6.07, 6.45) is 2.00. The van der Waals surface area contributed by atoms with E-state index in [4.69, 9.17) is 5.11 Å². The van der Waals surface area contributed by atoms with E-state index in [0.717, 1.165) is 22.2 Å². The van der Waals surface area contributed by atoms with Crippen molar-refractivity contribution in [1.82, 2.24) is 10.2 Å². The van der Waals surface area contributed by atoms with Gasteiger partial charge in [0.25, 0.3) is 0 Å². The predicted molar refractivity (Wildman–Crippen MR) is 76.2 cm³/mol. The molecular weight excluding hydrogens is 332 g/mol. The third kappa shape index (κ3) is 4.50. The van der Waals surface area contributed by atoms with Gasteiger partial charge in [-0.15, -0.1) is 11.3 Å². The zero-order valence-corrected chi connectivity index (χ0v) is 12.7. The summed E-state index contributed by atoms with van der Waals surface area (Å²) in [4.78, 5) is 24.2. The van der Waals surface area contributed by atoms with Gasteiger partial charge in [-0.05, 0) is 45.8 Å². The van der Waals surface area contributed by atoms with Crippen molar-refractivity contribution in [2.45, 2.75) is 31.8 Å². The number of nitrogens with one attached hydrogen (secondary N) is 1. The maximum atomic E-state index is 12.0. The number of carbonyl (C=O) groups is 2. The van der Waals surface area contributed by atoms with Crippen LogP contribution in [0.25, 0.3) is 0 Å². The molecule has 1 saturated carbocycles. The van der Waals surface area contributed by atoms with Crippen molar-refractivity contribution in [3.63, 3.8) is 0 Å². The molecule has 5 nitrogen and oxygen atoms in total. The lowest BCUT2D eigenvalue weighted by atomic mass is 10.3. The van der Waals surface area contributed by atoms with Crippen molar-refractivity contribution >= 4 is 39.3 Å². The predicted octanol–water partition coefficient (Wildman–Crippen LogP) is 2.66. The number of hydrogen-bond donors (Lipinski definition) is 2. The third-order valence-corrected chi connectivity index (χ3v) is 4.39. The number of amides is 2. The molecule has 0 spiro atoms. The Labute approximate surface area is 123 Å². The second-order valence-electron chi connectivity index (χ2n) is 4.49. The summed E-state index contributed by atoms with van der Waals surface area (Å²) in [7, 11) is 0. The Morgan fingerprint density at radius 3 is 2.79 bits per heavy atom. The molecule has 104 valence electrons. The average Bonchev–Trinajstić information content (AvgIpc) is 3.09. The first-order chi connectivity index (χ1) is 9.06. The summed E-state index contributed by atoms with van der Waals surface area (Å²) >= 11 is 5.00. The van der Waals surface area contributed by atoms with Crippen molar-refractivity contribution in [2.24, 2.45) is 0 Å². The quantitative estimate of drug-likeness (QED) is 0.831. The van der Waals surface area contributed by atoms with Gasteiger partial charge in [-0.2, -0.15) is 0 Å². The highest BCUT2D eigenvalue weighted by atomic mass is 79.9. The molecule has 1 aliphatic carbocycles. The summed E-state index contributed by atoms with van der Waals surface area (Å²) in [5, 5.41) is 13.2. The third-order valence-electron chi connectivity index (χ3n) is 2.84. The SMILES string of the molecule is O=C(O)CCNC(=O)N(Cc1csc(Br)c1)C1CC1. The van der Waals surface area contributed by atoms with Crippen LogP contribution in [0.15, 0.2) is 15.2 Å². The number of hydrogen-bond acceptors (Lipinski definition) is 3. The van der Waals surface area contributed by atoms with Crippen LogP contribution < -0.4 is 5.32 Å². The summed E-state index contributed by atoms with van der Waals surface area (Å²) in [5.74, 6) is -0.903. The minimum absolute atomic E-state index is 0.0474. The maximum absolute atomic E-state index is 12.0. The Morgan fingerprint density at radius 1 is 1.53 bits per heavy atom. The minimum Gasteiger partial charge on any atom is -0.481 e. The van der Waals surface area contributed by atoms with Gasteiger partial charge in [-0.3, -0.25) is 4.79 Å². The highest BCUT2D eigenvalue weighted by molar-refractivity contribution is 9.11. The molecule has 1 aromatic rings. The van der Waals surface area contributed by atoms with Gasteiger partial charge < -0.3 is 15.3 Å². The van der Waals surface area contributed by atoms with E-state index in [-0.39, 0.29) is 19.0 Å². The molecule has 0 radical (unpaired) electrons. The standard InChI is InChI=1S/C12H15BrN2O3S/c13-10-5-8(7-19-10)6-15(9-1-2-9)12(18)14-4-3-11(16)17/h5,7,9H,1-4,6H2,(H,14,18)(H,16,17). The number of rotatable bonds is 6. The molecule has 0 aliphatic heterocycles. The van der Waals surface area contributed by atoms with Gasteiger partial charge in [0.1, 0.15) is 0 Å². The summed E-state index contributed by atoms with van der Waals surface area (Å²) in [6, 6.07) is 2.12. The number of carbonyl (C=O) groups excluding carboxylic acids is 1. The molecule has 0 unspecified atom stereocenters. The van der Waals surface area contributed by atoms with Crippen LogP contribution in [0.4, 0.5) is 4.79 Å². The van der Waals surface area contributed by atoms with E-state index in [1.54, 1.807) is 16.2 Å². The fourth-order valence-corrected chi connectivity index (χ4v) is 2.96. The van der Waals surface area contributed by atoms with Crippen molar-refractivity contribution in [3.05, 3.63) is 20.8 Å². The number of urea groups is 1. The topological polar surface area (TPSA) is 69.6 Å². The van der Waals surface area contributed by atoms with E-state index >= 15 is 0 Å². The van der Waals surface area contributed by atoms with Gasteiger partial charge in [-0.1, -0.05) is 0 Å². The number of halogens is 1. The van der Waals surface area contributed by atoms with Gasteiger partial charge in [0, 0.05) is 19.1 Å². The second kappa shape index (κ2) is 6.38. The zero-order chi connectivity index (χ0) is 13.8. The van der Waals surface area contributed by atoms with Crippen LogP contribution in [-0.2, 0) is 11.3 Å². The van der Waals surface area contributed by atoms with E-state index in [0.29, 0.717) is 12.6 Å². The molecule has 0 bridgehead atoms. The molecule has 2 N–H and O–H groups in total. The van der Waals surface area contributed by atoms with Crippen molar-refractivity contribution in [2.75, 3.05) is 6.54 Å². The molecule has 19 heavy (non-hydrogen) atoms. The van der Waals surface area contributed by atoms with Crippen molar-refractivity contribution in [3.8, 4) is 0 Å². The molecule has 1 aliphatic rings. The van der Waals surface area contributed by atoms with Gasteiger partial charge in [-0.25, -0.2) is 4.79 Å². The minimum atomic E-state index is -0.903. The molecule has 0 aromatic carbocycles. The number of carboxylic acid groups (broad SMARTS) is 1. The normalized spacial score (nSPS) is 14.2. The Kier molecular flexibility index (Phi) is 4.81. The number of thiophene rings is 1. The Bertz CT molecular complexity index is 473. The first-order valence-electron chi connectivity index (χ1n) is 6.05. The van der Waals surface area contributed by atoms with Gasteiger partial charge >= 0.3 is 12.0 Å². The average molecular weight is 347 g/mol. The van der Waals surface area contributed by atoms with Crippen LogP contribution in [-0.4, -0.2) is 34.6 Å². The number of nitrogens with zero attached hydrogens (tertiary/aromatic N) is 1. The summed E-state index contributed by atoms with van der Waals surface area (Å²) < 4.78 is 1.05. The largest absolute Gasteiger partial charge is 0.481 e. The molecule has 7 heteroatoms. The summed E-state index contributed by atoms with van der Waals surface area (Å²) in [6.45, 7) is 0.746. The molecule has 0 saturated heterocycles. The van der Waals surface area contributed by atoms with E-state index in [9.17, 15) is 9.59 Å². The fourth-order valence-electron chi connectivity index (χ4n) is 1.76. The van der Waals surface area contributed by atoms with Gasteiger partial charge in [0.2, 0.25) is 0 Å². The Morgan fingerprint density at radius 2 is 2.26 bits per heavy atom. The molecular formula is C12H15BrN2O3S. The lowest BCUT2D eigenvalue weighted by molar-refractivity contribution is -0.136. The number of carboxylic acids is 1. The monoisotopic (exact) mass is 346 g/mol. The maximum Gasteiger partial charge on any atom is 0.317 e. The van der Waals surface area contributed by atoms with Gasteiger partial charge in [0.15, 0.2) is 0 Å². The lowest BCUT2D eigenvalue weighted by Crippen LogP contribution is -2.41. The smallest absolute Gasteiger partial charge is 0.317 e. The van der Waals surface area contributed by atoms with Gasteiger partial charge in [0.05, 0.1) is 10.2 Å². The molecule has 0 atom stereocenters. The fraction of sp³-hybridized carbons (Fsp3) is 0.500. The second-order valence-corrected chi connectivity index (χ2v) is 6.78. The van der Waals surface area contributed by atoms with Crippen LogP contribution in [0.1, 0.15) is 24.8 Å². The number of aliphatic carboxylic acids is 1. The first-order valence-corrected chi connectivity index (χ1v) is 7.72. The van der Waals surface area contributed by atoms with Crippen LogP contribution in [0, 0.1) is 0 Å². The van der Waals surface area contributed by atoms with Crippen LogP contribution in [0.2, 0.25) is 0 Å². The van der Waals surface area contributed by atoms with Crippen molar-refractivity contribution in [1.29, 1.82) is 0 Å². The molecule has 2 rings (SSSR count).